The molecule has 8 heteroatoms. The Morgan fingerprint density at radius 2 is 2.10 bits per heavy atom. The standard InChI is InChI=1S/C12H10F3NO4/c1-2-19-11(18)9-4-10(20-12(13,14)15)8(6-17)3-7(9)5-16/h3-4,17H,2,6H2,1H3. The summed E-state index contributed by atoms with van der Waals surface area (Å²) in [6, 6.07) is 3.33. The van der Waals surface area contributed by atoms with Gasteiger partial charge < -0.3 is 14.6 Å². The third kappa shape index (κ3) is 3.86. The van der Waals surface area contributed by atoms with Crippen LogP contribution in [-0.4, -0.2) is 24.0 Å². The number of rotatable bonds is 4. The highest BCUT2D eigenvalue weighted by Gasteiger charge is 2.33. The summed E-state index contributed by atoms with van der Waals surface area (Å²) in [7, 11) is 0. The predicted molar refractivity (Wildman–Crippen MR) is 59.7 cm³/mol. The van der Waals surface area contributed by atoms with E-state index in [-0.39, 0.29) is 23.3 Å². The average Bonchev–Trinajstić information content (AvgIpc) is 2.36. The van der Waals surface area contributed by atoms with Crippen LogP contribution in [0, 0.1) is 11.3 Å². The largest absolute Gasteiger partial charge is 0.573 e. The van der Waals surface area contributed by atoms with E-state index in [9.17, 15) is 18.0 Å². The van der Waals surface area contributed by atoms with E-state index in [0.717, 1.165) is 12.1 Å². The molecule has 1 N–H and O–H groups in total. The molecule has 1 aromatic carbocycles. The van der Waals surface area contributed by atoms with Gasteiger partial charge in [-0.15, -0.1) is 13.2 Å². The van der Waals surface area contributed by atoms with Crippen molar-refractivity contribution >= 4 is 5.97 Å². The molecule has 0 atom stereocenters. The molecule has 0 aromatic heterocycles. The fourth-order valence-electron chi connectivity index (χ4n) is 1.44. The molecule has 0 heterocycles. The van der Waals surface area contributed by atoms with Crippen LogP contribution in [0.2, 0.25) is 0 Å². The SMILES string of the molecule is CCOC(=O)c1cc(OC(F)(F)F)c(CO)cc1C#N. The lowest BCUT2D eigenvalue weighted by Gasteiger charge is -2.14. The third-order valence-corrected chi connectivity index (χ3v) is 2.21. The smallest absolute Gasteiger partial charge is 0.462 e. The van der Waals surface area contributed by atoms with Gasteiger partial charge in [-0.25, -0.2) is 4.79 Å². The molecule has 5 nitrogen and oxygen atoms in total. The van der Waals surface area contributed by atoms with Crippen LogP contribution < -0.4 is 4.74 Å². The average molecular weight is 289 g/mol. The highest BCUT2D eigenvalue weighted by molar-refractivity contribution is 5.93. The Labute approximate surface area is 112 Å². The quantitative estimate of drug-likeness (QED) is 0.859. The first-order valence-corrected chi connectivity index (χ1v) is 5.43. The van der Waals surface area contributed by atoms with Crippen LogP contribution in [0.3, 0.4) is 0 Å². The van der Waals surface area contributed by atoms with E-state index in [1.807, 2.05) is 0 Å². The molecule has 0 aliphatic carbocycles. The van der Waals surface area contributed by atoms with Gasteiger partial charge in [-0.05, 0) is 19.1 Å². The number of benzene rings is 1. The van der Waals surface area contributed by atoms with Crippen LogP contribution in [0.15, 0.2) is 12.1 Å². The van der Waals surface area contributed by atoms with Gasteiger partial charge in [-0.3, -0.25) is 0 Å². The Bertz CT molecular complexity index is 549. The second-order valence-corrected chi connectivity index (χ2v) is 3.54. The predicted octanol–water partition coefficient (Wildman–Crippen LogP) is 2.13. The van der Waals surface area contributed by atoms with Crippen LogP contribution >= 0.6 is 0 Å². The molecule has 0 bridgehead atoms. The molecule has 0 fully saturated rings. The van der Waals surface area contributed by atoms with Crippen molar-refractivity contribution in [1.29, 1.82) is 5.26 Å². The van der Waals surface area contributed by atoms with Crippen molar-refractivity contribution in [3.05, 3.63) is 28.8 Å². The summed E-state index contributed by atoms with van der Waals surface area (Å²) in [6.45, 7) is 0.739. The zero-order valence-corrected chi connectivity index (χ0v) is 10.3. The lowest BCUT2D eigenvalue weighted by molar-refractivity contribution is -0.275. The minimum absolute atomic E-state index is 0.000907. The second kappa shape index (κ2) is 6.25. The Morgan fingerprint density at radius 3 is 2.55 bits per heavy atom. The minimum atomic E-state index is -4.98. The number of alkyl halides is 3. The van der Waals surface area contributed by atoms with Gasteiger partial charge >= 0.3 is 12.3 Å². The first-order valence-electron chi connectivity index (χ1n) is 5.43. The summed E-state index contributed by atoms with van der Waals surface area (Å²) < 4.78 is 45.1. The third-order valence-electron chi connectivity index (χ3n) is 2.21. The molecule has 0 saturated heterocycles. The van der Waals surface area contributed by atoms with Gasteiger partial charge in [0, 0.05) is 5.56 Å². The molecule has 1 rings (SSSR count). The lowest BCUT2D eigenvalue weighted by atomic mass is 10.0. The zero-order valence-electron chi connectivity index (χ0n) is 10.3. The summed E-state index contributed by atoms with van der Waals surface area (Å²) >= 11 is 0. The molecule has 108 valence electrons. The maximum absolute atomic E-state index is 12.2. The summed E-state index contributed by atoms with van der Waals surface area (Å²) in [6.07, 6.45) is -4.98. The monoisotopic (exact) mass is 289 g/mol. The van der Waals surface area contributed by atoms with Gasteiger partial charge in [0.05, 0.1) is 24.3 Å². The van der Waals surface area contributed by atoms with Crippen molar-refractivity contribution in [2.24, 2.45) is 0 Å². The molecule has 1 aromatic rings. The molecule has 20 heavy (non-hydrogen) atoms. The number of hydrogen-bond acceptors (Lipinski definition) is 5. The Kier molecular flexibility index (Phi) is 4.94. The molecule has 0 radical (unpaired) electrons. The highest BCUT2D eigenvalue weighted by Crippen LogP contribution is 2.29. The van der Waals surface area contributed by atoms with Crippen molar-refractivity contribution in [3.8, 4) is 11.8 Å². The maximum Gasteiger partial charge on any atom is 0.573 e. The number of carbonyl (C=O) groups excluding carboxylic acids is 1. The molecule has 0 aliphatic heterocycles. The highest BCUT2D eigenvalue weighted by atomic mass is 19.4. The summed E-state index contributed by atoms with van der Waals surface area (Å²) in [5.41, 5.74) is -0.820. The first-order chi connectivity index (χ1) is 9.32. The van der Waals surface area contributed by atoms with Gasteiger partial charge in [-0.1, -0.05) is 0 Å². The Hall–Kier alpha value is -2.27. The Balaban J connectivity index is 3.34. The number of aliphatic hydroxyl groups is 1. The topological polar surface area (TPSA) is 79.6 Å². The lowest BCUT2D eigenvalue weighted by Crippen LogP contribution is -2.19. The van der Waals surface area contributed by atoms with E-state index in [0.29, 0.717) is 0 Å². The van der Waals surface area contributed by atoms with E-state index >= 15 is 0 Å². The van der Waals surface area contributed by atoms with Crippen LogP contribution in [0.1, 0.15) is 28.4 Å². The molecular formula is C12H10F3NO4. The van der Waals surface area contributed by atoms with Gasteiger partial charge in [0.1, 0.15) is 11.8 Å². The van der Waals surface area contributed by atoms with Crippen molar-refractivity contribution in [1.82, 2.24) is 0 Å². The number of nitrogens with zero attached hydrogens (tertiary/aromatic N) is 1. The van der Waals surface area contributed by atoms with E-state index in [1.54, 1.807) is 6.07 Å². The van der Waals surface area contributed by atoms with E-state index in [1.165, 1.54) is 6.92 Å². The van der Waals surface area contributed by atoms with Crippen LogP contribution in [0.4, 0.5) is 13.2 Å². The van der Waals surface area contributed by atoms with Crippen LogP contribution in [0.25, 0.3) is 0 Å². The number of aliphatic hydroxyl groups excluding tert-OH is 1. The second-order valence-electron chi connectivity index (χ2n) is 3.54. The molecule has 0 unspecified atom stereocenters. The molecule has 0 aliphatic rings. The van der Waals surface area contributed by atoms with Crippen LogP contribution in [-0.2, 0) is 11.3 Å². The number of ether oxygens (including phenoxy) is 2. The fraction of sp³-hybridized carbons (Fsp3) is 0.333. The van der Waals surface area contributed by atoms with E-state index in [4.69, 9.17) is 10.4 Å². The van der Waals surface area contributed by atoms with E-state index < -0.39 is 24.7 Å². The molecule has 0 saturated carbocycles. The minimum Gasteiger partial charge on any atom is -0.462 e. The van der Waals surface area contributed by atoms with Gasteiger partial charge in [0.15, 0.2) is 0 Å². The fourth-order valence-corrected chi connectivity index (χ4v) is 1.44. The first kappa shape index (κ1) is 15.8. The number of nitriles is 1. The summed E-state index contributed by atoms with van der Waals surface area (Å²) in [4.78, 5) is 11.6. The molecule has 0 spiro atoms. The molecule has 0 amide bonds. The van der Waals surface area contributed by atoms with Crippen LogP contribution in [0.5, 0.6) is 5.75 Å². The maximum atomic E-state index is 12.2. The van der Waals surface area contributed by atoms with E-state index in [2.05, 4.69) is 9.47 Å². The summed E-state index contributed by atoms with van der Waals surface area (Å²) in [5, 5.41) is 17.9. The number of carbonyl (C=O) groups is 1. The van der Waals surface area contributed by atoms with Gasteiger partial charge in [-0.2, -0.15) is 5.26 Å². The number of halogens is 3. The van der Waals surface area contributed by atoms with Crippen molar-refractivity contribution in [3.63, 3.8) is 0 Å². The number of hydrogen-bond donors (Lipinski definition) is 1. The number of esters is 1. The van der Waals surface area contributed by atoms with Gasteiger partial charge in [0.2, 0.25) is 0 Å². The molecular weight excluding hydrogens is 279 g/mol. The summed E-state index contributed by atoms with van der Waals surface area (Å²) in [5.74, 6) is -1.69. The Morgan fingerprint density at radius 1 is 1.45 bits per heavy atom. The van der Waals surface area contributed by atoms with Gasteiger partial charge in [0.25, 0.3) is 0 Å². The zero-order chi connectivity index (χ0) is 15.3. The van der Waals surface area contributed by atoms with Crippen molar-refractivity contribution in [2.45, 2.75) is 19.9 Å². The van der Waals surface area contributed by atoms with Crippen molar-refractivity contribution in [2.75, 3.05) is 6.61 Å². The normalized spacial score (nSPS) is 10.8. The van der Waals surface area contributed by atoms with Crippen molar-refractivity contribution < 1.29 is 32.5 Å².